The minimum Gasteiger partial charge on any atom is -0.478 e. The van der Waals surface area contributed by atoms with E-state index in [9.17, 15) is 4.79 Å². The molecule has 1 aromatic rings. The molecule has 0 aliphatic heterocycles. The molecule has 0 radical (unpaired) electrons. The molecule has 0 unspecified atom stereocenters. The normalized spacial score (nSPS) is 10.0. The van der Waals surface area contributed by atoms with Crippen molar-refractivity contribution in [1.29, 1.82) is 0 Å². The van der Waals surface area contributed by atoms with Crippen molar-refractivity contribution in [2.45, 2.75) is 0 Å². The number of methoxy groups -OCH3 is 1. The van der Waals surface area contributed by atoms with Gasteiger partial charge in [-0.25, -0.2) is 9.78 Å². The number of anilines is 1. The van der Waals surface area contributed by atoms with Crippen molar-refractivity contribution in [3.8, 4) is 0 Å². The molecule has 0 spiro atoms. The van der Waals surface area contributed by atoms with Crippen LogP contribution in [0.3, 0.4) is 0 Å². The highest BCUT2D eigenvalue weighted by atomic mass is 35.5. The summed E-state index contributed by atoms with van der Waals surface area (Å²) in [5.41, 5.74) is 0.0339. The summed E-state index contributed by atoms with van der Waals surface area (Å²) >= 11 is 5.84. The first kappa shape index (κ1) is 11.7. The van der Waals surface area contributed by atoms with Crippen LogP contribution in [0.15, 0.2) is 12.3 Å². The Balaban J connectivity index is 2.80. The molecule has 0 bridgehead atoms. The van der Waals surface area contributed by atoms with E-state index in [-0.39, 0.29) is 10.6 Å². The summed E-state index contributed by atoms with van der Waals surface area (Å²) in [6.07, 6.45) is 1.39. The Bertz CT molecular complexity index is 357. The maximum absolute atomic E-state index is 10.7. The summed E-state index contributed by atoms with van der Waals surface area (Å²) in [6.45, 7) is 1.02. The van der Waals surface area contributed by atoms with Gasteiger partial charge in [-0.15, -0.1) is 0 Å². The zero-order valence-electron chi connectivity index (χ0n) is 8.16. The minimum absolute atomic E-state index is 0.0339. The molecule has 0 saturated heterocycles. The van der Waals surface area contributed by atoms with Crippen LogP contribution in [0.1, 0.15) is 10.4 Å². The number of carbonyl (C=O) groups is 1. The Kier molecular flexibility index (Phi) is 4.33. The second-order valence-electron chi connectivity index (χ2n) is 2.75. The van der Waals surface area contributed by atoms with Crippen LogP contribution in [0.25, 0.3) is 0 Å². The summed E-state index contributed by atoms with van der Waals surface area (Å²) in [5.74, 6) is -0.717. The molecular formula is C9H11ClN2O3. The number of hydrogen-bond donors (Lipinski definition) is 2. The van der Waals surface area contributed by atoms with Crippen LogP contribution in [-0.4, -0.2) is 36.3 Å². The third-order valence-corrected chi connectivity index (χ3v) is 2.10. The van der Waals surface area contributed by atoms with E-state index in [2.05, 4.69) is 10.3 Å². The zero-order valence-corrected chi connectivity index (χ0v) is 8.91. The fraction of sp³-hybridized carbons (Fsp3) is 0.333. The number of carboxylic acids is 1. The van der Waals surface area contributed by atoms with E-state index in [4.69, 9.17) is 21.4 Å². The molecule has 1 rings (SSSR count). The fourth-order valence-corrected chi connectivity index (χ4v) is 1.26. The lowest BCUT2D eigenvalue weighted by Crippen LogP contribution is -2.10. The monoisotopic (exact) mass is 230 g/mol. The molecule has 0 atom stereocenters. The third-order valence-electron chi connectivity index (χ3n) is 1.72. The third kappa shape index (κ3) is 3.07. The standard InChI is InChI=1S/C9H11ClN2O3/c1-15-5-4-12-8-7(10)6(9(13)14)2-3-11-8/h2-3H,4-5H2,1H3,(H,11,12)(H,13,14). The Labute approximate surface area is 92.0 Å². The molecule has 0 fully saturated rings. The molecule has 6 heteroatoms. The quantitative estimate of drug-likeness (QED) is 0.750. The van der Waals surface area contributed by atoms with Crippen LogP contribution in [-0.2, 0) is 4.74 Å². The number of ether oxygens (including phenoxy) is 1. The summed E-state index contributed by atoms with van der Waals surface area (Å²) < 4.78 is 4.83. The lowest BCUT2D eigenvalue weighted by Gasteiger charge is -2.07. The van der Waals surface area contributed by atoms with Gasteiger partial charge in [0.1, 0.15) is 5.82 Å². The number of hydrogen-bond acceptors (Lipinski definition) is 4. The van der Waals surface area contributed by atoms with E-state index < -0.39 is 5.97 Å². The Morgan fingerprint density at radius 1 is 1.73 bits per heavy atom. The Morgan fingerprint density at radius 3 is 3.07 bits per heavy atom. The van der Waals surface area contributed by atoms with Gasteiger partial charge in [0.15, 0.2) is 0 Å². The zero-order chi connectivity index (χ0) is 11.3. The van der Waals surface area contributed by atoms with Gasteiger partial charge in [0.25, 0.3) is 0 Å². The first-order valence-corrected chi connectivity index (χ1v) is 4.65. The maximum Gasteiger partial charge on any atom is 0.337 e. The van der Waals surface area contributed by atoms with Crippen LogP contribution in [0, 0.1) is 0 Å². The van der Waals surface area contributed by atoms with E-state index in [1.54, 1.807) is 7.11 Å². The predicted molar refractivity (Wildman–Crippen MR) is 56.6 cm³/mol. The van der Waals surface area contributed by atoms with E-state index in [1.165, 1.54) is 12.3 Å². The van der Waals surface area contributed by atoms with Gasteiger partial charge < -0.3 is 15.2 Å². The number of pyridine rings is 1. The van der Waals surface area contributed by atoms with Crippen molar-refractivity contribution in [2.75, 3.05) is 25.6 Å². The van der Waals surface area contributed by atoms with Crippen molar-refractivity contribution >= 4 is 23.4 Å². The number of carboxylic acid groups (broad SMARTS) is 1. The van der Waals surface area contributed by atoms with Gasteiger partial charge in [0.2, 0.25) is 0 Å². The molecule has 0 aliphatic carbocycles. The van der Waals surface area contributed by atoms with Gasteiger partial charge in [-0.2, -0.15) is 0 Å². The molecule has 0 saturated carbocycles. The summed E-state index contributed by atoms with van der Waals surface area (Å²) in [5, 5.41) is 11.8. The van der Waals surface area contributed by atoms with Crippen molar-refractivity contribution in [2.24, 2.45) is 0 Å². The highest BCUT2D eigenvalue weighted by Gasteiger charge is 2.12. The lowest BCUT2D eigenvalue weighted by molar-refractivity contribution is 0.0697. The van der Waals surface area contributed by atoms with E-state index >= 15 is 0 Å². The van der Waals surface area contributed by atoms with Gasteiger partial charge >= 0.3 is 5.97 Å². The first-order valence-electron chi connectivity index (χ1n) is 4.27. The summed E-state index contributed by atoms with van der Waals surface area (Å²) in [6, 6.07) is 1.35. The lowest BCUT2D eigenvalue weighted by atomic mass is 10.2. The van der Waals surface area contributed by atoms with Crippen molar-refractivity contribution in [3.63, 3.8) is 0 Å². The second kappa shape index (κ2) is 5.53. The van der Waals surface area contributed by atoms with Gasteiger partial charge in [0.05, 0.1) is 17.2 Å². The first-order chi connectivity index (χ1) is 7.16. The van der Waals surface area contributed by atoms with E-state index in [0.29, 0.717) is 19.0 Å². The molecule has 0 aromatic carbocycles. The number of nitrogens with one attached hydrogen (secondary N) is 1. The fourth-order valence-electron chi connectivity index (χ4n) is 1.00. The maximum atomic E-state index is 10.7. The highest BCUT2D eigenvalue weighted by molar-refractivity contribution is 6.35. The van der Waals surface area contributed by atoms with Crippen molar-refractivity contribution < 1.29 is 14.6 Å². The van der Waals surface area contributed by atoms with Crippen molar-refractivity contribution in [1.82, 2.24) is 4.98 Å². The Morgan fingerprint density at radius 2 is 2.47 bits per heavy atom. The molecule has 1 heterocycles. The van der Waals surface area contributed by atoms with E-state index in [0.717, 1.165) is 0 Å². The SMILES string of the molecule is COCCNc1nccc(C(=O)O)c1Cl. The van der Waals surface area contributed by atoms with Crippen LogP contribution in [0.2, 0.25) is 5.02 Å². The average Bonchev–Trinajstić information content (AvgIpc) is 2.20. The smallest absolute Gasteiger partial charge is 0.337 e. The molecule has 0 amide bonds. The van der Waals surface area contributed by atoms with E-state index in [1.807, 2.05) is 0 Å². The Hall–Kier alpha value is -1.33. The minimum atomic E-state index is -1.07. The molecule has 5 nitrogen and oxygen atoms in total. The van der Waals surface area contributed by atoms with Crippen LogP contribution >= 0.6 is 11.6 Å². The molecular weight excluding hydrogens is 220 g/mol. The van der Waals surface area contributed by atoms with Gasteiger partial charge in [-0.05, 0) is 6.07 Å². The van der Waals surface area contributed by atoms with Crippen molar-refractivity contribution in [3.05, 3.63) is 22.8 Å². The highest BCUT2D eigenvalue weighted by Crippen LogP contribution is 2.23. The number of aromatic nitrogens is 1. The molecule has 0 aliphatic rings. The summed E-state index contributed by atoms with van der Waals surface area (Å²) in [7, 11) is 1.57. The van der Waals surface area contributed by atoms with Gasteiger partial charge in [0, 0.05) is 19.9 Å². The van der Waals surface area contributed by atoms with Crippen LogP contribution < -0.4 is 5.32 Å². The largest absolute Gasteiger partial charge is 0.478 e. The summed E-state index contributed by atoms with van der Waals surface area (Å²) in [4.78, 5) is 14.7. The van der Waals surface area contributed by atoms with Crippen LogP contribution in [0.4, 0.5) is 5.82 Å². The van der Waals surface area contributed by atoms with Gasteiger partial charge in [-0.1, -0.05) is 11.6 Å². The molecule has 1 aromatic heterocycles. The predicted octanol–water partition coefficient (Wildman–Crippen LogP) is 1.49. The second-order valence-corrected chi connectivity index (χ2v) is 3.12. The number of rotatable bonds is 5. The molecule has 15 heavy (non-hydrogen) atoms. The molecule has 2 N–H and O–H groups in total. The average molecular weight is 231 g/mol. The number of nitrogens with zero attached hydrogens (tertiary/aromatic N) is 1. The number of halogens is 1. The molecule has 82 valence electrons. The van der Waals surface area contributed by atoms with Crippen LogP contribution in [0.5, 0.6) is 0 Å². The van der Waals surface area contributed by atoms with Gasteiger partial charge in [-0.3, -0.25) is 0 Å². The number of aromatic carboxylic acids is 1. The topological polar surface area (TPSA) is 71.5 Å².